The van der Waals surface area contributed by atoms with Gasteiger partial charge in [-0.3, -0.25) is 14.2 Å². The lowest BCUT2D eigenvalue weighted by atomic mass is 10.0. The van der Waals surface area contributed by atoms with Crippen LogP contribution in [-0.2, 0) is 17.9 Å². The van der Waals surface area contributed by atoms with Crippen LogP contribution in [0.3, 0.4) is 0 Å². The standard InChI is InChI=1S/C30H34FN5O4/c1-30(2,3)34-26(37)17-36-28(19-8-9-24(31)25(14-19)40-7)33-27-23(29(36)38)13-21(15-32-27)20-10-18(16-35(4)5)11-22(12-20)39-6/h8-15H,16-17H2,1-7H3,(H,34,37). The van der Waals surface area contributed by atoms with Crippen LogP contribution in [-0.4, -0.2) is 59.2 Å². The summed E-state index contributed by atoms with van der Waals surface area (Å²) in [4.78, 5) is 38.1. The Labute approximate surface area is 232 Å². The van der Waals surface area contributed by atoms with Crippen molar-refractivity contribution in [1.82, 2.24) is 24.8 Å². The van der Waals surface area contributed by atoms with Crippen LogP contribution >= 0.6 is 0 Å². The van der Waals surface area contributed by atoms with Crippen molar-refractivity contribution in [3.63, 3.8) is 0 Å². The SMILES string of the molecule is COc1cc(CN(C)C)cc(-c2cnc3nc(-c4ccc(F)c(OC)c4)n(CC(=O)NC(C)(C)C)c(=O)c3c2)c1. The fourth-order valence-corrected chi connectivity index (χ4v) is 4.43. The number of pyridine rings is 1. The molecule has 0 aliphatic heterocycles. The van der Waals surface area contributed by atoms with Crippen LogP contribution in [0.25, 0.3) is 33.5 Å². The first kappa shape index (κ1) is 28.7. The van der Waals surface area contributed by atoms with Gasteiger partial charge in [0.25, 0.3) is 5.56 Å². The quantitative estimate of drug-likeness (QED) is 0.352. The largest absolute Gasteiger partial charge is 0.497 e. The van der Waals surface area contributed by atoms with Gasteiger partial charge in [-0.15, -0.1) is 0 Å². The number of hydrogen-bond donors (Lipinski definition) is 1. The summed E-state index contributed by atoms with van der Waals surface area (Å²) in [6, 6.07) is 11.7. The van der Waals surface area contributed by atoms with E-state index in [2.05, 4.69) is 15.3 Å². The number of nitrogens with zero attached hydrogens (tertiary/aromatic N) is 4. The average Bonchev–Trinajstić information content (AvgIpc) is 2.88. The predicted molar refractivity (Wildman–Crippen MR) is 153 cm³/mol. The third-order valence-corrected chi connectivity index (χ3v) is 6.07. The molecule has 0 saturated carbocycles. The van der Waals surface area contributed by atoms with Crippen LogP contribution < -0.4 is 20.3 Å². The predicted octanol–water partition coefficient (Wildman–Crippen LogP) is 4.26. The first-order valence-corrected chi connectivity index (χ1v) is 12.8. The van der Waals surface area contributed by atoms with Crippen molar-refractivity contribution < 1.29 is 18.7 Å². The summed E-state index contributed by atoms with van der Waals surface area (Å²) >= 11 is 0. The van der Waals surface area contributed by atoms with Gasteiger partial charge in [-0.05, 0) is 88.5 Å². The van der Waals surface area contributed by atoms with Crippen molar-refractivity contribution in [2.45, 2.75) is 39.4 Å². The molecule has 1 amide bonds. The molecule has 2 aromatic carbocycles. The molecule has 4 rings (SSSR count). The third-order valence-electron chi connectivity index (χ3n) is 6.07. The van der Waals surface area contributed by atoms with Crippen molar-refractivity contribution in [3.05, 3.63) is 70.4 Å². The van der Waals surface area contributed by atoms with Gasteiger partial charge in [0.15, 0.2) is 17.2 Å². The van der Waals surface area contributed by atoms with Gasteiger partial charge in [-0.2, -0.15) is 0 Å². The van der Waals surface area contributed by atoms with Crippen LogP contribution in [0.1, 0.15) is 26.3 Å². The Morgan fingerprint density at radius 3 is 2.42 bits per heavy atom. The summed E-state index contributed by atoms with van der Waals surface area (Å²) in [6.45, 7) is 5.98. The van der Waals surface area contributed by atoms with Crippen LogP contribution in [0.15, 0.2) is 53.5 Å². The summed E-state index contributed by atoms with van der Waals surface area (Å²) in [5.41, 5.74) is 2.23. The first-order chi connectivity index (χ1) is 18.9. The highest BCUT2D eigenvalue weighted by Crippen LogP contribution is 2.29. The van der Waals surface area contributed by atoms with Gasteiger partial charge in [0, 0.05) is 29.4 Å². The Balaban J connectivity index is 1.91. The molecular formula is C30H34FN5O4. The molecule has 4 aromatic rings. The summed E-state index contributed by atoms with van der Waals surface area (Å²) in [7, 11) is 6.92. The maximum absolute atomic E-state index is 14.2. The average molecular weight is 548 g/mol. The van der Waals surface area contributed by atoms with Crippen molar-refractivity contribution in [2.24, 2.45) is 0 Å². The van der Waals surface area contributed by atoms with E-state index in [0.717, 1.165) is 11.1 Å². The number of ether oxygens (including phenoxy) is 2. The molecule has 0 atom stereocenters. The molecule has 0 aliphatic carbocycles. The third kappa shape index (κ3) is 6.45. The molecule has 0 spiro atoms. The zero-order valence-corrected chi connectivity index (χ0v) is 23.8. The van der Waals surface area contributed by atoms with E-state index in [-0.39, 0.29) is 35.1 Å². The number of benzene rings is 2. The van der Waals surface area contributed by atoms with Crippen LogP contribution in [0.5, 0.6) is 11.5 Å². The monoisotopic (exact) mass is 547 g/mol. The van der Waals surface area contributed by atoms with Gasteiger partial charge in [-0.25, -0.2) is 14.4 Å². The van der Waals surface area contributed by atoms with Crippen LogP contribution in [0.4, 0.5) is 4.39 Å². The molecule has 210 valence electrons. The van der Waals surface area contributed by atoms with E-state index in [0.29, 0.717) is 23.4 Å². The molecule has 0 unspecified atom stereocenters. The second kappa shape index (κ2) is 11.4. The molecular weight excluding hydrogens is 513 g/mol. The lowest BCUT2D eigenvalue weighted by Crippen LogP contribution is -2.43. The number of aromatic nitrogens is 3. The van der Waals surface area contributed by atoms with E-state index in [9.17, 15) is 14.0 Å². The van der Waals surface area contributed by atoms with Gasteiger partial charge in [0.1, 0.15) is 18.1 Å². The highest BCUT2D eigenvalue weighted by Gasteiger charge is 2.21. The van der Waals surface area contributed by atoms with Gasteiger partial charge in [0.05, 0.1) is 19.6 Å². The van der Waals surface area contributed by atoms with E-state index < -0.39 is 16.9 Å². The molecule has 40 heavy (non-hydrogen) atoms. The van der Waals surface area contributed by atoms with Crippen molar-refractivity contribution in [3.8, 4) is 34.0 Å². The maximum atomic E-state index is 14.2. The van der Waals surface area contributed by atoms with Crippen LogP contribution in [0, 0.1) is 5.82 Å². The number of methoxy groups -OCH3 is 2. The number of rotatable bonds is 8. The smallest absolute Gasteiger partial charge is 0.263 e. The fraction of sp³-hybridized carbons (Fsp3) is 0.333. The fourth-order valence-electron chi connectivity index (χ4n) is 4.43. The molecule has 0 fully saturated rings. The molecule has 2 heterocycles. The zero-order chi connectivity index (χ0) is 29.2. The maximum Gasteiger partial charge on any atom is 0.263 e. The first-order valence-electron chi connectivity index (χ1n) is 12.8. The highest BCUT2D eigenvalue weighted by molar-refractivity contribution is 5.83. The molecule has 2 aromatic heterocycles. The molecule has 0 radical (unpaired) electrons. The van der Waals surface area contributed by atoms with Gasteiger partial charge in [0.2, 0.25) is 5.91 Å². The number of carbonyl (C=O) groups excluding carboxylic acids is 1. The van der Waals surface area contributed by atoms with E-state index in [1.807, 2.05) is 58.0 Å². The van der Waals surface area contributed by atoms with Gasteiger partial charge < -0.3 is 19.7 Å². The van der Waals surface area contributed by atoms with Gasteiger partial charge in [-0.1, -0.05) is 0 Å². The van der Waals surface area contributed by atoms with E-state index in [1.165, 1.54) is 29.9 Å². The van der Waals surface area contributed by atoms with E-state index in [1.54, 1.807) is 19.4 Å². The molecule has 9 nitrogen and oxygen atoms in total. The van der Waals surface area contributed by atoms with E-state index >= 15 is 0 Å². The Bertz CT molecular complexity index is 1630. The second-order valence-corrected chi connectivity index (χ2v) is 10.9. The lowest BCUT2D eigenvalue weighted by molar-refractivity contribution is -0.123. The summed E-state index contributed by atoms with van der Waals surface area (Å²) in [5, 5.41) is 3.13. The Morgan fingerprint density at radius 2 is 1.77 bits per heavy atom. The minimum Gasteiger partial charge on any atom is -0.497 e. The van der Waals surface area contributed by atoms with Crippen LogP contribution in [0.2, 0.25) is 0 Å². The van der Waals surface area contributed by atoms with Gasteiger partial charge >= 0.3 is 0 Å². The molecule has 0 saturated heterocycles. The minimum atomic E-state index is -0.555. The Kier molecular flexibility index (Phi) is 8.20. The van der Waals surface area contributed by atoms with Crippen molar-refractivity contribution in [2.75, 3.05) is 28.3 Å². The summed E-state index contributed by atoms with van der Waals surface area (Å²) < 4.78 is 26.1. The molecule has 1 N–H and O–H groups in total. The Hall–Kier alpha value is -4.31. The number of halogens is 1. The number of carbonyl (C=O) groups is 1. The lowest BCUT2D eigenvalue weighted by Gasteiger charge is -2.21. The van der Waals surface area contributed by atoms with Crippen molar-refractivity contribution in [1.29, 1.82) is 0 Å². The highest BCUT2D eigenvalue weighted by atomic mass is 19.1. The number of fused-ring (bicyclic) bond motifs is 1. The molecule has 10 heteroatoms. The summed E-state index contributed by atoms with van der Waals surface area (Å²) in [5.74, 6) is -0.0657. The normalized spacial score (nSPS) is 11.6. The molecule has 0 bridgehead atoms. The molecule has 0 aliphatic rings. The Morgan fingerprint density at radius 1 is 1.02 bits per heavy atom. The van der Waals surface area contributed by atoms with Crippen molar-refractivity contribution >= 4 is 16.9 Å². The van der Waals surface area contributed by atoms with E-state index in [4.69, 9.17) is 9.47 Å². The zero-order valence-electron chi connectivity index (χ0n) is 23.8. The minimum absolute atomic E-state index is 0.00704. The summed E-state index contributed by atoms with van der Waals surface area (Å²) in [6.07, 6.45) is 1.65. The number of hydrogen-bond acceptors (Lipinski definition) is 7. The topological polar surface area (TPSA) is 98.6 Å². The number of amides is 1. The number of nitrogens with one attached hydrogen (secondary N) is 1. The second-order valence-electron chi connectivity index (χ2n) is 10.9.